The predicted molar refractivity (Wildman–Crippen MR) is 111 cm³/mol. The van der Waals surface area contributed by atoms with Gasteiger partial charge in [-0.25, -0.2) is 4.79 Å². The second kappa shape index (κ2) is 9.22. The molecule has 168 valence electrons. The lowest BCUT2D eigenvalue weighted by molar-refractivity contribution is 0.00600. The van der Waals surface area contributed by atoms with E-state index in [2.05, 4.69) is 10.1 Å². The van der Waals surface area contributed by atoms with E-state index in [0.29, 0.717) is 18.5 Å². The number of amides is 1. The molecule has 0 spiro atoms. The van der Waals surface area contributed by atoms with Crippen LogP contribution in [0.15, 0.2) is 4.52 Å². The zero-order valence-corrected chi connectivity index (χ0v) is 18.6. The third-order valence-electron chi connectivity index (χ3n) is 6.43. The van der Waals surface area contributed by atoms with E-state index in [9.17, 15) is 4.79 Å². The molecule has 0 N–H and O–H groups in total. The Bertz CT molecular complexity index is 710. The summed E-state index contributed by atoms with van der Waals surface area (Å²) < 4.78 is 16.7. The van der Waals surface area contributed by atoms with Crippen molar-refractivity contribution >= 4 is 6.09 Å². The molecule has 2 atom stereocenters. The lowest BCUT2D eigenvalue weighted by atomic mass is 9.94. The topological polar surface area (TPSA) is 80.9 Å². The molecule has 4 heterocycles. The number of piperidine rings is 1. The smallest absolute Gasteiger partial charge is 0.410 e. The summed E-state index contributed by atoms with van der Waals surface area (Å²) in [6.07, 6.45) is 7.22. The molecular formula is C22H36N4O4. The van der Waals surface area contributed by atoms with E-state index in [1.807, 2.05) is 25.7 Å². The molecule has 0 aliphatic carbocycles. The van der Waals surface area contributed by atoms with E-state index >= 15 is 0 Å². The van der Waals surface area contributed by atoms with Crippen molar-refractivity contribution in [3.63, 3.8) is 0 Å². The predicted octanol–water partition coefficient (Wildman–Crippen LogP) is 3.72. The highest BCUT2D eigenvalue weighted by Gasteiger charge is 2.40. The summed E-state index contributed by atoms with van der Waals surface area (Å²) in [5.74, 6) is 1.82. The second-order valence-electron chi connectivity index (χ2n) is 9.85. The molecule has 8 nitrogen and oxygen atoms in total. The van der Waals surface area contributed by atoms with Crippen molar-refractivity contribution in [3.05, 3.63) is 11.7 Å². The van der Waals surface area contributed by atoms with Crippen LogP contribution in [0.3, 0.4) is 0 Å². The summed E-state index contributed by atoms with van der Waals surface area (Å²) in [5.41, 5.74) is -0.471. The Hall–Kier alpha value is -1.67. The third-order valence-corrected chi connectivity index (χ3v) is 6.43. The average molecular weight is 421 g/mol. The molecule has 0 radical (unpaired) electrons. The number of rotatable bonds is 4. The SMILES string of the molecule is CC(C)(C)OC(=O)N1CCC[C@H]1[C@@H]1CCCCN1Cc1noc(C2CCOCC2)n1. The fourth-order valence-corrected chi connectivity index (χ4v) is 5.01. The number of carbonyl (C=O) groups excluding carboxylic acids is 1. The lowest BCUT2D eigenvalue weighted by Gasteiger charge is -2.41. The van der Waals surface area contributed by atoms with Crippen LogP contribution in [0, 0.1) is 0 Å². The number of carbonyl (C=O) groups is 1. The molecule has 0 aromatic carbocycles. The van der Waals surface area contributed by atoms with Crippen molar-refractivity contribution in [1.82, 2.24) is 19.9 Å². The highest BCUT2D eigenvalue weighted by atomic mass is 16.6. The van der Waals surface area contributed by atoms with Crippen molar-refractivity contribution in [2.45, 2.75) is 95.9 Å². The molecule has 30 heavy (non-hydrogen) atoms. The summed E-state index contributed by atoms with van der Waals surface area (Å²) in [7, 11) is 0. The molecule has 4 rings (SSSR count). The van der Waals surface area contributed by atoms with Gasteiger partial charge >= 0.3 is 6.09 Å². The van der Waals surface area contributed by atoms with E-state index < -0.39 is 5.60 Å². The number of hydrogen-bond acceptors (Lipinski definition) is 7. The zero-order chi connectivity index (χ0) is 21.1. The molecule has 3 saturated heterocycles. The minimum Gasteiger partial charge on any atom is -0.444 e. The van der Waals surface area contributed by atoms with Gasteiger partial charge in [-0.05, 0) is 65.8 Å². The van der Waals surface area contributed by atoms with Crippen molar-refractivity contribution in [3.8, 4) is 0 Å². The Morgan fingerprint density at radius 3 is 2.60 bits per heavy atom. The first kappa shape index (κ1) is 21.6. The van der Waals surface area contributed by atoms with E-state index in [4.69, 9.17) is 19.0 Å². The molecule has 0 bridgehead atoms. The van der Waals surface area contributed by atoms with Crippen LogP contribution in [0.25, 0.3) is 0 Å². The van der Waals surface area contributed by atoms with Crippen molar-refractivity contribution in [1.29, 1.82) is 0 Å². The van der Waals surface area contributed by atoms with Crippen LogP contribution in [-0.2, 0) is 16.0 Å². The first-order valence-electron chi connectivity index (χ1n) is 11.5. The first-order chi connectivity index (χ1) is 14.4. The van der Waals surface area contributed by atoms with E-state index in [-0.39, 0.29) is 12.1 Å². The number of ether oxygens (including phenoxy) is 2. The normalized spacial score (nSPS) is 26.8. The molecule has 0 unspecified atom stereocenters. The number of aromatic nitrogens is 2. The Kier molecular flexibility index (Phi) is 6.63. The molecule has 0 saturated carbocycles. The average Bonchev–Trinajstić information content (AvgIpc) is 3.38. The Labute approximate surface area is 179 Å². The van der Waals surface area contributed by atoms with Crippen molar-refractivity contribution in [2.75, 3.05) is 26.3 Å². The molecule has 1 amide bonds. The van der Waals surface area contributed by atoms with Gasteiger partial charge in [0.25, 0.3) is 0 Å². The van der Waals surface area contributed by atoms with Gasteiger partial charge in [0.2, 0.25) is 5.89 Å². The largest absolute Gasteiger partial charge is 0.444 e. The number of hydrogen-bond donors (Lipinski definition) is 0. The fourth-order valence-electron chi connectivity index (χ4n) is 5.01. The fraction of sp³-hybridized carbons (Fsp3) is 0.864. The molecule has 8 heteroatoms. The maximum Gasteiger partial charge on any atom is 0.410 e. The maximum atomic E-state index is 12.8. The monoisotopic (exact) mass is 420 g/mol. The number of nitrogens with zero attached hydrogens (tertiary/aromatic N) is 4. The van der Waals surface area contributed by atoms with Gasteiger partial charge < -0.3 is 18.9 Å². The van der Waals surface area contributed by atoms with Gasteiger partial charge in [-0.15, -0.1) is 0 Å². The zero-order valence-electron chi connectivity index (χ0n) is 18.6. The Morgan fingerprint density at radius 2 is 1.83 bits per heavy atom. The van der Waals surface area contributed by atoms with Crippen LogP contribution in [0.4, 0.5) is 4.79 Å². The van der Waals surface area contributed by atoms with E-state index in [0.717, 1.165) is 70.1 Å². The summed E-state index contributed by atoms with van der Waals surface area (Å²) in [6, 6.07) is 0.515. The maximum absolute atomic E-state index is 12.8. The quantitative estimate of drug-likeness (QED) is 0.734. The molecule has 1 aromatic heterocycles. The molecule has 3 aliphatic heterocycles. The van der Waals surface area contributed by atoms with Gasteiger partial charge in [0.1, 0.15) is 5.60 Å². The first-order valence-corrected chi connectivity index (χ1v) is 11.5. The van der Waals surface area contributed by atoms with Crippen LogP contribution < -0.4 is 0 Å². The summed E-state index contributed by atoms with van der Waals surface area (Å²) in [5, 5.41) is 4.28. The van der Waals surface area contributed by atoms with Crippen LogP contribution in [0.2, 0.25) is 0 Å². The standard InChI is InChI=1S/C22H36N4O4/c1-22(2,3)29-21(27)26-12-6-8-18(26)17-7-4-5-11-25(17)15-19-23-20(30-24-19)16-9-13-28-14-10-16/h16-18H,4-15H2,1-3H3/t17-,18-/m0/s1. The second-order valence-corrected chi connectivity index (χ2v) is 9.85. The third kappa shape index (κ3) is 5.14. The Morgan fingerprint density at radius 1 is 1.07 bits per heavy atom. The van der Waals surface area contributed by atoms with E-state index in [1.165, 1.54) is 12.8 Å². The van der Waals surface area contributed by atoms with Gasteiger partial charge in [-0.3, -0.25) is 4.90 Å². The van der Waals surface area contributed by atoms with Crippen LogP contribution in [0.1, 0.15) is 83.3 Å². The number of likely N-dealkylation sites (tertiary alicyclic amines) is 2. The van der Waals surface area contributed by atoms with Gasteiger partial charge in [0, 0.05) is 31.7 Å². The van der Waals surface area contributed by atoms with Gasteiger partial charge in [-0.1, -0.05) is 11.6 Å². The van der Waals surface area contributed by atoms with Crippen LogP contribution in [0.5, 0.6) is 0 Å². The molecule has 1 aromatic rings. The van der Waals surface area contributed by atoms with E-state index in [1.54, 1.807) is 0 Å². The minimum absolute atomic E-state index is 0.183. The summed E-state index contributed by atoms with van der Waals surface area (Å²) in [4.78, 5) is 21.9. The molecular weight excluding hydrogens is 384 g/mol. The lowest BCUT2D eigenvalue weighted by Crippen LogP contribution is -2.53. The highest BCUT2D eigenvalue weighted by molar-refractivity contribution is 5.69. The molecule has 3 fully saturated rings. The summed E-state index contributed by atoms with van der Waals surface area (Å²) >= 11 is 0. The van der Waals surface area contributed by atoms with Crippen molar-refractivity contribution in [2.24, 2.45) is 0 Å². The van der Waals surface area contributed by atoms with Gasteiger partial charge in [0.15, 0.2) is 5.82 Å². The molecule has 3 aliphatic rings. The highest BCUT2D eigenvalue weighted by Crippen LogP contribution is 2.32. The minimum atomic E-state index is -0.471. The van der Waals surface area contributed by atoms with Crippen LogP contribution >= 0.6 is 0 Å². The van der Waals surface area contributed by atoms with Gasteiger partial charge in [0.05, 0.1) is 12.6 Å². The van der Waals surface area contributed by atoms with Gasteiger partial charge in [-0.2, -0.15) is 4.98 Å². The van der Waals surface area contributed by atoms with Crippen LogP contribution in [-0.4, -0.2) is 70.0 Å². The summed E-state index contributed by atoms with van der Waals surface area (Å²) in [6.45, 7) is 9.76. The van der Waals surface area contributed by atoms with Crippen molar-refractivity contribution < 1.29 is 18.8 Å². The Balaban J connectivity index is 1.42.